The first kappa shape index (κ1) is 12.8. The average molecular weight is 253 g/mol. The number of piperidine rings is 1. The van der Waals surface area contributed by atoms with Crippen LogP contribution in [0.25, 0.3) is 0 Å². The highest BCUT2D eigenvalue weighted by Gasteiger charge is 2.22. The number of nitrogens with one attached hydrogen (secondary N) is 1. The van der Waals surface area contributed by atoms with E-state index in [1.165, 1.54) is 19.2 Å². The van der Waals surface area contributed by atoms with Gasteiger partial charge in [0, 0.05) is 6.54 Å². The Kier molecular flexibility index (Phi) is 3.81. The lowest BCUT2D eigenvalue weighted by Gasteiger charge is -2.23. The number of aromatic hydroxyl groups is 1. The Balaban J connectivity index is 2.36. The van der Waals surface area contributed by atoms with Gasteiger partial charge in [-0.15, -0.1) is 0 Å². The van der Waals surface area contributed by atoms with Crippen LogP contribution >= 0.6 is 0 Å². The van der Waals surface area contributed by atoms with Gasteiger partial charge in [-0.05, 0) is 43.0 Å². The van der Waals surface area contributed by atoms with Crippen molar-refractivity contribution < 1.29 is 19.0 Å². The zero-order chi connectivity index (χ0) is 13.1. The van der Waals surface area contributed by atoms with Gasteiger partial charge in [-0.3, -0.25) is 0 Å². The molecule has 0 aromatic heterocycles. The number of esters is 1. The van der Waals surface area contributed by atoms with Gasteiger partial charge < -0.3 is 15.2 Å². The minimum absolute atomic E-state index is 0.113. The van der Waals surface area contributed by atoms with Gasteiger partial charge in [-0.1, -0.05) is 0 Å². The van der Waals surface area contributed by atoms with E-state index in [4.69, 9.17) is 0 Å². The number of rotatable bonds is 2. The number of hydrogen-bond donors (Lipinski definition) is 2. The summed E-state index contributed by atoms with van der Waals surface area (Å²) in [5.41, 5.74) is 0.607. The van der Waals surface area contributed by atoms with Gasteiger partial charge in [0.2, 0.25) is 0 Å². The Hall–Kier alpha value is -1.62. The topological polar surface area (TPSA) is 58.6 Å². The monoisotopic (exact) mass is 253 g/mol. The predicted molar refractivity (Wildman–Crippen MR) is 64.2 cm³/mol. The summed E-state index contributed by atoms with van der Waals surface area (Å²) in [5.74, 6) is -1.98. The molecule has 1 aromatic rings. The number of carbonyl (C=O) groups is 1. The molecule has 0 spiro atoms. The van der Waals surface area contributed by atoms with Gasteiger partial charge in [0.05, 0.1) is 7.11 Å². The van der Waals surface area contributed by atoms with Crippen molar-refractivity contribution in [1.82, 2.24) is 5.32 Å². The van der Waals surface area contributed by atoms with Gasteiger partial charge >= 0.3 is 5.97 Å². The third kappa shape index (κ3) is 2.46. The van der Waals surface area contributed by atoms with Crippen LogP contribution < -0.4 is 5.32 Å². The molecule has 0 bridgehead atoms. The summed E-state index contributed by atoms with van der Waals surface area (Å²) in [6.45, 7) is 1.71. The van der Waals surface area contributed by atoms with Gasteiger partial charge in [0.25, 0.3) is 0 Å². The lowest BCUT2D eigenvalue weighted by molar-refractivity contribution is 0.0596. The maximum Gasteiger partial charge on any atom is 0.341 e. The Morgan fingerprint density at radius 1 is 1.56 bits per heavy atom. The number of phenolic OH excluding ortho intramolecular Hbond substituents is 1. The molecule has 0 radical (unpaired) electrons. The zero-order valence-electron chi connectivity index (χ0n) is 10.2. The molecule has 1 heterocycles. The molecule has 1 fully saturated rings. The van der Waals surface area contributed by atoms with Crippen LogP contribution in [0.5, 0.6) is 5.75 Å². The molecule has 1 aromatic carbocycles. The zero-order valence-corrected chi connectivity index (χ0v) is 10.2. The van der Waals surface area contributed by atoms with Gasteiger partial charge in [0.15, 0.2) is 11.6 Å². The van der Waals surface area contributed by atoms with Crippen LogP contribution in [-0.4, -0.2) is 31.3 Å². The van der Waals surface area contributed by atoms with Gasteiger partial charge in [-0.2, -0.15) is 0 Å². The van der Waals surface area contributed by atoms with E-state index in [0.29, 0.717) is 0 Å². The summed E-state index contributed by atoms with van der Waals surface area (Å²) < 4.78 is 18.1. The van der Waals surface area contributed by atoms with Crippen LogP contribution in [0.2, 0.25) is 0 Å². The van der Waals surface area contributed by atoms with Crippen LogP contribution in [0.1, 0.15) is 34.7 Å². The van der Waals surface area contributed by atoms with E-state index in [0.717, 1.165) is 31.5 Å². The number of ether oxygens (including phenoxy) is 1. The van der Waals surface area contributed by atoms with Crippen LogP contribution in [0.3, 0.4) is 0 Å². The molecule has 0 aliphatic carbocycles. The highest BCUT2D eigenvalue weighted by atomic mass is 19.1. The van der Waals surface area contributed by atoms with E-state index in [2.05, 4.69) is 10.1 Å². The molecular formula is C13H16FNO3. The number of carbonyl (C=O) groups excluding carboxylic acids is 1. The number of halogens is 1. The standard InChI is InChI=1S/C13H16FNO3/c1-18-13(17)10-5-9(6-11(14)12(10)16)8-3-2-4-15-7-8/h5-6,8,15-16H,2-4,7H2,1H3. The largest absolute Gasteiger partial charge is 0.504 e. The lowest BCUT2D eigenvalue weighted by Crippen LogP contribution is -2.28. The van der Waals surface area contributed by atoms with E-state index >= 15 is 0 Å². The molecule has 0 amide bonds. The molecule has 2 rings (SSSR count). The number of hydrogen-bond acceptors (Lipinski definition) is 4. The molecule has 98 valence electrons. The van der Waals surface area contributed by atoms with E-state index < -0.39 is 17.5 Å². The normalized spacial score (nSPS) is 19.6. The molecule has 0 saturated carbocycles. The van der Waals surface area contributed by atoms with E-state index in [9.17, 15) is 14.3 Å². The van der Waals surface area contributed by atoms with E-state index in [-0.39, 0.29) is 11.5 Å². The molecule has 1 atom stereocenters. The lowest BCUT2D eigenvalue weighted by atomic mass is 9.90. The van der Waals surface area contributed by atoms with Gasteiger partial charge in [0.1, 0.15) is 5.56 Å². The number of benzene rings is 1. The molecule has 1 unspecified atom stereocenters. The highest BCUT2D eigenvalue weighted by Crippen LogP contribution is 2.30. The van der Waals surface area contributed by atoms with Crippen LogP contribution in [0, 0.1) is 5.82 Å². The van der Waals surface area contributed by atoms with Crippen molar-refractivity contribution in [2.24, 2.45) is 0 Å². The van der Waals surface area contributed by atoms with E-state index in [1.807, 2.05) is 0 Å². The fourth-order valence-electron chi connectivity index (χ4n) is 2.26. The quantitative estimate of drug-likeness (QED) is 0.789. The maximum absolute atomic E-state index is 13.6. The Labute approximate surface area is 105 Å². The summed E-state index contributed by atoms with van der Waals surface area (Å²) in [5, 5.41) is 12.8. The van der Waals surface area contributed by atoms with Crippen molar-refractivity contribution in [2.75, 3.05) is 20.2 Å². The minimum Gasteiger partial charge on any atom is -0.504 e. The maximum atomic E-state index is 13.6. The summed E-state index contributed by atoms with van der Waals surface area (Å²) in [6.07, 6.45) is 1.96. The molecule has 2 N–H and O–H groups in total. The molecular weight excluding hydrogens is 237 g/mol. The van der Waals surface area contributed by atoms with E-state index in [1.54, 1.807) is 0 Å². The van der Waals surface area contributed by atoms with Crippen molar-refractivity contribution in [3.63, 3.8) is 0 Å². The second-order valence-electron chi connectivity index (χ2n) is 4.43. The van der Waals surface area contributed by atoms with Crippen molar-refractivity contribution in [3.8, 4) is 5.75 Å². The molecule has 18 heavy (non-hydrogen) atoms. The SMILES string of the molecule is COC(=O)c1cc(C2CCCNC2)cc(F)c1O. The van der Waals surface area contributed by atoms with Crippen LogP contribution in [-0.2, 0) is 4.74 Å². The van der Waals surface area contributed by atoms with Crippen molar-refractivity contribution in [1.29, 1.82) is 0 Å². The van der Waals surface area contributed by atoms with Crippen molar-refractivity contribution >= 4 is 5.97 Å². The highest BCUT2D eigenvalue weighted by molar-refractivity contribution is 5.92. The second-order valence-corrected chi connectivity index (χ2v) is 4.43. The van der Waals surface area contributed by atoms with Crippen molar-refractivity contribution in [2.45, 2.75) is 18.8 Å². The smallest absolute Gasteiger partial charge is 0.341 e. The second kappa shape index (κ2) is 5.35. The third-order valence-electron chi connectivity index (χ3n) is 3.26. The number of methoxy groups -OCH3 is 1. The van der Waals surface area contributed by atoms with Crippen LogP contribution in [0.4, 0.5) is 4.39 Å². The molecule has 1 aliphatic heterocycles. The summed E-state index contributed by atoms with van der Waals surface area (Å²) >= 11 is 0. The molecule has 1 saturated heterocycles. The Bertz CT molecular complexity index is 456. The fraction of sp³-hybridized carbons (Fsp3) is 0.462. The number of phenols is 1. The van der Waals surface area contributed by atoms with Crippen LogP contribution in [0.15, 0.2) is 12.1 Å². The molecule has 1 aliphatic rings. The summed E-state index contributed by atoms with van der Waals surface area (Å²) in [7, 11) is 1.20. The molecule has 4 nitrogen and oxygen atoms in total. The average Bonchev–Trinajstić information content (AvgIpc) is 2.41. The first-order valence-electron chi connectivity index (χ1n) is 5.95. The third-order valence-corrected chi connectivity index (χ3v) is 3.26. The van der Waals surface area contributed by atoms with Gasteiger partial charge in [-0.25, -0.2) is 9.18 Å². The Morgan fingerprint density at radius 3 is 2.94 bits per heavy atom. The Morgan fingerprint density at radius 2 is 2.33 bits per heavy atom. The summed E-state index contributed by atoms with van der Waals surface area (Å²) in [6, 6.07) is 2.81. The predicted octanol–water partition coefficient (Wildman–Crippen LogP) is 1.78. The molecule has 5 heteroatoms. The summed E-state index contributed by atoms with van der Waals surface area (Å²) in [4.78, 5) is 11.5. The van der Waals surface area contributed by atoms with Crippen molar-refractivity contribution in [3.05, 3.63) is 29.1 Å². The first-order valence-corrected chi connectivity index (χ1v) is 5.95. The first-order chi connectivity index (χ1) is 8.63. The minimum atomic E-state index is -0.779. The fourth-order valence-corrected chi connectivity index (χ4v) is 2.26.